The van der Waals surface area contributed by atoms with E-state index in [-0.39, 0.29) is 49.9 Å². The molecule has 8 nitrogen and oxygen atoms in total. The number of allylic oxidation sites excluding steroid dienone is 1. The molecule has 37 heavy (non-hydrogen) atoms. The van der Waals surface area contributed by atoms with Crippen LogP contribution in [-0.2, 0) is 33.4 Å². The number of aliphatic hydroxyl groups is 1. The van der Waals surface area contributed by atoms with E-state index in [1.165, 1.54) is 6.08 Å². The van der Waals surface area contributed by atoms with Gasteiger partial charge in [-0.3, -0.25) is 18.6 Å². The molecule has 0 aliphatic heterocycles. The third-order valence-corrected chi connectivity index (χ3v) is 10.5. The fourth-order valence-electron chi connectivity index (χ4n) is 8.27. The minimum atomic E-state index is -4.00. The van der Waals surface area contributed by atoms with Gasteiger partial charge in [-0.25, -0.2) is 8.78 Å². The fraction of sp³-hybridized carbons (Fsp3) is 0.808. The average Bonchev–Trinajstić information content (AvgIpc) is 3.02. The highest BCUT2D eigenvalue weighted by Gasteiger charge is 2.78. The Morgan fingerprint density at radius 3 is 2.46 bits per heavy atom. The Hall–Kier alpha value is -1.72. The average molecular weight is 547 g/mol. The summed E-state index contributed by atoms with van der Waals surface area (Å²) in [5, 5.41) is 11.5. The van der Waals surface area contributed by atoms with Crippen LogP contribution in [0.5, 0.6) is 0 Å². The second-order valence-corrected chi connectivity index (χ2v) is 13.5. The van der Waals surface area contributed by atoms with Crippen LogP contribution in [0.2, 0.25) is 0 Å². The van der Waals surface area contributed by atoms with Gasteiger partial charge in [0.15, 0.2) is 11.4 Å². The molecule has 0 heterocycles. The first-order valence-electron chi connectivity index (χ1n) is 12.8. The van der Waals surface area contributed by atoms with E-state index < -0.39 is 80.6 Å². The van der Waals surface area contributed by atoms with Crippen molar-refractivity contribution in [3.05, 3.63) is 11.6 Å². The lowest BCUT2D eigenvalue weighted by Crippen LogP contribution is -2.71. The summed E-state index contributed by atoms with van der Waals surface area (Å²) in [6.45, 7) is 5.52. The van der Waals surface area contributed by atoms with Crippen LogP contribution in [0, 0.1) is 28.6 Å². The first-order valence-corrected chi connectivity index (χ1v) is 14.6. The molecule has 9 atom stereocenters. The first kappa shape index (κ1) is 28.3. The van der Waals surface area contributed by atoms with Crippen molar-refractivity contribution in [3.63, 3.8) is 0 Å². The molecular weight excluding hydrogens is 510 g/mol. The second kappa shape index (κ2) is 8.91. The van der Waals surface area contributed by atoms with Gasteiger partial charge in [-0.15, -0.1) is 0 Å². The molecule has 0 spiro atoms. The lowest BCUT2D eigenvalue weighted by Gasteiger charge is -2.64. The summed E-state index contributed by atoms with van der Waals surface area (Å²) >= 11 is 0. The number of hydrogen-bond acceptors (Lipinski definition) is 8. The number of rotatable bonds is 6. The molecule has 0 unspecified atom stereocenters. The van der Waals surface area contributed by atoms with E-state index >= 15 is 8.78 Å². The minimum Gasteiger partial charge on any atom is -0.450 e. The number of carbonyl (C=O) groups is 3. The van der Waals surface area contributed by atoms with Crippen LogP contribution in [0.1, 0.15) is 66.2 Å². The molecule has 4 aliphatic carbocycles. The van der Waals surface area contributed by atoms with E-state index in [1.54, 1.807) is 27.7 Å². The Kier molecular flexibility index (Phi) is 6.81. The highest BCUT2D eigenvalue weighted by molar-refractivity contribution is 7.86. The summed E-state index contributed by atoms with van der Waals surface area (Å²) in [5.41, 5.74) is -6.84. The molecule has 0 aromatic carbocycles. The molecule has 0 aromatic rings. The molecule has 4 rings (SSSR count). The van der Waals surface area contributed by atoms with Gasteiger partial charge in [0.25, 0.3) is 10.1 Å². The smallest absolute Gasteiger partial charge is 0.306 e. The van der Waals surface area contributed by atoms with Crippen LogP contribution in [0.25, 0.3) is 0 Å². The maximum atomic E-state index is 17.4. The fourth-order valence-corrected chi connectivity index (χ4v) is 8.59. The summed E-state index contributed by atoms with van der Waals surface area (Å²) < 4.78 is 66.9. The second-order valence-electron chi connectivity index (χ2n) is 11.8. The summed E-state index contributed by atoms with van der Waals surface area (Å²) in [5.74, 6) is -4.15. The van der Waals surface area contributed by atoms with E-state index in [0.29, 0.717) is 0 Å². The van der Waals surface area contributed by atoms with Gasteiger partial charge >= 0.3 is 5.97 Å². The van der Waals surface area contributed by atoms with Crippen molar-refractivity contribution in [2.75, 3.05) is 12.9 Å². The van der Waals surface area contributed by atoms with E-state index in [0.717, 1.165) is 6.26 Å². The lowest BCUT2D eigenvalue weighted by atomic mass is 9.43. The SMILES string of the molecule is CCC(=O)O[C@]1(C(=O)COS(C)(=O)=O)[C@H](C)C[C@H]2[C@@H]3C[C@H](F)C4=CC(=O)CC[C@]4(C)[C@@]3(F)[C@@H](O)C[C@@]21C. The third-order valence-electron chi connectivity index (χ3n) is 9.95. The Morgan fingerprint density at radius 2 is 1.86 bits per heavy atom. The number of aliphatic hydroxyl groups excluding tert-OH is 1. The minimum absolute atomic E-state index is 0.0372. The van der Waals surface area contributed by atoms with E-state index in [9.17, 15) is 27.9 Å². The van der Waals surface area contributed by atoms with Crippen LogP contribution >= 0.6 is 0 Å². The number of Topliss-reactive ketones (excluding diaryl/α,β-unsaturated/α-hetero) is 1. The molecule has 4 aliphatic rings. The summed E-state index contributed by atoms with van der Waals surface area (Å²) in [6, 6.07) is 0. The first-order chi connectivity index (χ1) is 17.0. The van der Waals surface area contributed by atoms with Crippen molar-refractivity contribution < 1.29 is 45.6 Å². The van der Waals surface area contributed by atoms with E-state index in [4.69, 9.17) is 8.92 Å². The number of fused-ring (bicyclic) bond motifs is 5. The van der Waals surface area contributed by atoms with Crippen LogP contribution in [0.3, 0.4) is 0 Å². The van der Waals surface area contributed by atoms with Crippen LogP contribution in [0.4, 0.5) is 8.78 Å². The molecule has 11 heteroatoms. The summed E-state index contributed by atoms with van der Waals surface area (Å²) in [6.07, 6.45) is -1.63. The molecule has 0 radical (unpaired) electrons. The zero-order valence-electron chi connectivity index (χ0n) is 21.9. The number of ketones is 2. The van der Waals surface area contributed by atoms with Gasteiger partial charge < -0.3 is 9.84 Å². The maximum absolute atomic E-state index is 17.4. The molecular formula is C26H36F2O8S. The summed E-state index contributed by atoms with van der Waals surface area (Å²) in [7, 11) is -4.00. The van der Waals surface area contributed by atoms with Crippen LogP contribution < -0.4 is 0 Å². The highest BCUT2D eigenvalue weighted by atomic mass is 32.2. The molecule has 0 aromatic heterocycles. The van der Waals surface area contributed by atoms with Crippen molar-refractivity contribution >= 4 is 27.7 Å². The van der Waals surface area contributed by atoms with Gasteiger partial charge in [-0.05, 0) is 43.3 Å². The van der Waals surface area contributed by atoms with E-state index in [2.05, 4.69) is 0 Å². The zero-order chi connectivity index (χ0) is 27.8. The number of halogens is 2. The van der Waals surface area contributed by atoms with Crippen molar-refractivity contribution in [2.45, 2.75) is 89.8 Å². The topological polar surface area (TPSA) is 124 Å². The van der Waals surface area contributed by atoms with Crippen molar-refractivity contribution in [3.8, 4) is 0 Å². The zero-order valence-corrected chi connectivity index (χ0v) is 22.7. The number of carbonyl (C=O) groups excluding carboxylic acids is 3. The molecule has 3 saturated carbocycles. The normalized spacial score (nSPS) is 45.4. The molecule has 1 N–H and O–H groups in total. The monoisotopic (exact) mass is 546 g/mol. The number of ether oxygens (including phenoxy) is 1. The van der Waals surface area contributed by atoms with Crippen LogP contribution in [-0.4, -0.2) is 67.5 Å². The Labute approximate surface area is 216 Å². The standard InChI is InChI=1S/C26H36F2O8S/c1-6-22(32)36-26(21(31)13-35-37(5,33)34)14(2)9-16-17-11-19(27)18-10-15(29)7-8-23(18,3)25(17,28)20(30)12-24(16,26)4/h10,14,16-17,19-20,30H,6-9,11-13H2,1-5H3/t14-,16+,17+,19+,20+,23+,24+,25+,26+/m1/s1. The Balaban J connectivity index is 1.84. The number of hydrogen-bond donors (Lipinski definition) is 1. The Bertz CT molecular complexity index is 1150. The summed E-state index contributed by atoms with van der Waals surface area (Å²) in [4.78, 5) is 38.4. The quantitative estimate of drug-likeness (QED) is 0.398. The van der Waals surface area contributed by atoms with E-state index in [1.807, 2.05) is 0 Å². The van der Waals surface area contributed by atoms with Gasteiger partial charge in [0, 0.05) is 35.5 Å². The van der Waals surface area contributed by atoms with Gasteiger partial charge in [0.2, 0.25) is 5.78 Å². The highest BCUT2D eigenvalue weighted by Crippen LogP contribution is 2.72. The van der Waals surface area contributed by atoms with Crippen LogP contribution in [0.15, 0.2) is 11.6 Å². The van der Waals surface area contributed by atoms with Gasteiger partial charge in [-0.2, -0.15) is 8.42 Å². The number of esters is 1. The predicted octanol–water partition coefficient (Wildman–Crippen LogP) is 3.01. The Morgan fingerprint density at radius 1 is 1.22 bits per heavy atom. The maximum Gasteiger partial charge on any atom is 0.306 e. The molecule has 3 fully saturated rings. The van der Waals surface area contributed by atoms with Gasteiger partial charge in [0.1, 0.15) is 18.4 Å². The predicted molar refractivity (Wildman–Crippen MR) is 128 cm³/mol. The number of alkyl halides is 2. The molecule has 0 saturated heterocycles. The van der Waals surface area contributed by atoms with Gasteiger partial charge in [0.05, 0.1) is 12.4 Å². The largest absolute Gasteiger partial charge is 0.450 e. The third kappa shape index (κ3) is 3.85. The van der Waals surface area contributed by atoms with Crippen molar-refractivity contribution in [1.29, 1.82) is 0 Å². The lowest BCUT2D eigenvalue weighted by molar-refractivity contribution is -0.239. The molecule has 208 valence electrons. The molecule has 0 bridgehead atoms. The van der Waals surface area contributed by atoms with Crippen molar-refractivity contribution in [2.24, 2.45) is 28.6 Å². The van der Waals surface area contributed by atoms with Gasteiger partial charge in [-0.1, -0.05) is 27.7 Å². The van der Waals surface area contributed by atoms with Crippen molar-refractivity contribution in [1.82, 2.24) is 0 Å². The molecule has 0 amide bonds.